The molecule has 0 radical (unpaired) electrons. The second-order valence-electron chi connectivity index (χ2n) is 13.7. The molecule has 0 aromatic rings. The molecule has 0 aromatic carbocycles. The molecule has 6 aliphatic carbocycles. The largest absolute Gasteiger partial charge is 2.00 e. The van der Waals surface area contributed by atoms with Crippen molar-refractivity contribution >= 4 is 69.6 Å². The van der Waals surface area contributed by atoms with Crippen LogP contribution >= 0.6 is 69.6 Å². The fourth-order valence-electron chi connectivity index (χ4n) is 6.31. The van der Waals surface area contributed by atoms with Crippen LogP contribution in [0.1, 0.15) is 208 Å². The van der Waals surface area contributed by atoms with Gasteiger partial charge in [-0.1, -0.05) is 238 Å². The summed E-state index contributed by atoms with van der Waals surface area (Å²) in [6.45, 7) is 4.13. The Morgan fingerprint density at radius 2 is 0.691 bits per heavy atom. The third-order valence-electron chi connectivity index (χ3n) is 9.41. The van der Waals surface area contributed by atoms with Crippen molar-refractivity contribution in [3.8, 4) is 35.5 Å². The van der Waals surface area contributed by atoms with Gasteiger partial charge in [-0.2, -0.15) is 25.7 Å². The van der Waals surface area contributed by atoms with Gasteiger partial charge in [0.2, 0.25) is 0 Å². The topological polar surface area (TPSA) is 0 Å². The van der Waals surface area contributed by atoms with Crippen molar-refractivity contribution in [2.45, 2.75) is 208 Å². The summed E-state index contributed by atoms with van der Waals surface area (Å²) in [6, 6.07) is 0. The zero-order valence-corrected chi connectivity index (χ0v) is 52.3. The molecule has 0 aliphatic heterocycles. The van der Waals surface area contributed by atoms with Crippen LogP contribution in [-0.2, 0) is 51.2 Å². The third-order valence-corrected chi connectivity index (χ3v) is 11.4. The first-order valence-electron chi connectivity index (χ1n) is 20.0. The van der Waals surface area contributed by atoms with Crippen molar-refractivity contribution in [1.82, 2.24) is 0 Å². The molecule has 13 heteroatoms. The zero-order chi connectivity index (χ0) is 38.9. The predicted octanol–water partition coefficient (Wildman–Crippen LogP) is 9.97. The molecule has 0 nitrogen and oxygen atoms in total. The van der Waals surface area contributed by atoms with Gasteiger partial charge in [-0.05, 0) is 43.4 Å². The molecule has 0 heterocycles. The molecule has 6 saturated carbocycles. The summed E-state index contributed by atoms with van der Waals surface area (Å²) in [6.07, 6.45) is 56.9. The Balaban J connectivity index is -0.0000000259. The van der Waals surface area contributed by atoms with Crippen LogP contribution in [0, 0.1) is 125 Å². The van der Waals surface area contributed by atoms with Crippen LogP contribution < -0.4 is 75.4 Å². The predicted molar refractivity (Wildman–Crippen MR) is 294 cm³/mol. The minimum atomic E-state index is -0.175. The van der Waals surface area contributed by atoms with E-state index in [0.717, 1.165) is 18.3 Å². The Morgan fingerprint density at radius 3 is 0.853 bits per heavy atom. The van der Waals surface area contributed by atoms with Crippen LogP contribution in [0.25, 0.3) is 0 Å². The van der Waals surface area contributed by atoms with Gasteiger partial charge in [-0.25, -0.2) is 0 Å². The molecule has 0 saturated heterocycles. The zero-order valence-electron chi connectivity index (χ0n) is 44.4. The van der Waals surface area contributed by atoms with Crippen molar-refractivity contribution in [3.63, 3.8) is 0 Å². The Hall–Kier alpha value is 3.41. The van der Waals surface area contributed by atoms with E-state index in [9.17, 15) is 0 Å². The SMILES string of the molecule is C.C.C1CCCC1.C1CCCC1.CC#CC#CCC1CCCC1.CCC1CCCC1.ClC(Cl)=C(Cl)C(Cl)=C(Cl)Cl.[C-]#CC#[C-].[CH-]1CCCC1.[CH-]1CCCC1.[CH3-].[CH3-].[CH3-].[CH3-].[CH3-].[CH3-].[CH3-].[Fe+2].[Fe+2].[Fe+2].[Li+].[Li+].[Li+].[Li+]. The van der Waals surface area contributed by atoms with Gasteiger partial charge in [0.1, 0.15) is 8.98 Å². The van der Waals surface area contributed by atoms with Crippen LogP contribution in [-0.4, -0.2) is 0 Å². The summed E-state index contributed by atoms with van der Waals surface area (Å²) in [7, 11) is 0. The molecule has 0 atom stereocenters. The van der Waals surface area contributed by atoms with Crippen LogP contribution in [0.2, 0.25) is 0 Å². The molecule has 6 fully saturated rings. The minimum absolute atomic E-state index is 0. The summed E-state index contributed by atoms with van der Waals surface area (Å²) < 4.78 is -0.351. The fraction of sp³-hybridized carbons (Fsp3) is 0.618. The molecule has 0 aromatic heterocycles. The first kappa shape index (κ1) is 124. The number of allylic oxidation sites excluding steroid dienone is 2. The van der Waals surface area contributed by atoms with Gasteiger partial charge in [0.25, 0.3) is 0 Å². The minimum Gasteiger partial charge on any atom is -0.500 e. The van der Waals surface area contributed by atoms with Crippen LogP contribution in [0.4, 0.5) is 0 Å². The first-order valence-corrected chi connectivity index (χ1v) is 22.3. The Morgan fingerprint density at radius 1 is 0.441 bits per heavy atom. The van der Waals surface area contributed by atoms with E-state index in [-0.39, 0.29) is 213 Å². The van der Waals surface area contributed by atoms with Crippen molar-refractivity contribution in [2.75, 3.05) is 0 Å². The van der Waals surface area contributed by atoms with Gasteiger partial charge in [0.05, 0.1) is 10.1 Å². The molecule has 6 aliphatic rings. The van der Waals surface area contributed by atoms with Gasteiger partial charge < -0.3 is 89.5 Å². The average Bonchev–Trinajstić information content (AvgIpc) is 4.04. The number of hydrogen-bond donors (Lipinski definition) is 0. The van der Waals surface area contributed by atoms with E-state index >= 15 is 0 Å². The van der Waals surface area contributed by atoms with Gasteiger partial charge in [-0.15, -0.1) is 0 Å². The standard InChI is InChI=1S/C11H14.C7H14.2C5H10.2C5H9.C4Cl6.C4.2CH4.7CH3.3Fe.4Li/c1-2-3-4-5-8-11-9-6-7-10-11;1-2-7-5-3-4-6-7;4*1-2-4-5-3-1;5-1(3(7)8)2(6)4(9)10;1-3-4-2;;;;;;;;;;;;;;;;/h11H,6-10H2,1H3;7H,2-6H2,1H3;2*1-5H2;2*1H,2-5H2;;;2*1H4;7*1H3;;;;;;;/q;;;;2*-1;;-2;;;7*-1;3*+2;4*+1. The fourth-order valence-corrected chi connectivity index (χ4v) is 7.07. The second-order valence-corrected chi connectivity index (χ2v) is 16.3. The number of halogens is 6. The molecule has 6 rings (SSSR count). The van der Waals surface area contributed by atoms with Crippen LogP contribution in [0.15, 0.2) is 19.0 Å². The quantitative estimate of drug-likeness (QED) is 0.114. The maximum Gasteiger partial charge on any atom is 2.00 e. The third kappa shape index (κ3) is 95.2. The molecule has 0 amide bonds. The van der Waals surface area contributed by atoms with Gasteiger partial charge >= 0.3 is 127 Å². The first-order chi connectivity index (χ1) is 25.2. The molecule has 0 spiro atoms. The molecule has 0 unspecified atom stereocenters. The van der Waals surface area contributed by atoms with E-state index in [1.807, 2.05) is 6.92 Å². The van der Waals surface area contributed by atoms with Gasteiger partial charge in [-0.3, -0.25) is 0 Å². The normalized spacial score (nSPS) is 13.6. The van der Waals surface area contributed by atoms with Crippen molar-refractivity contribution in [3.05, 3.63) is 96.7 Å². The Kier molecular flexibility index (Phi) is 188. The smallest absolute Gasteiger partial charge is 0.500 e. The maximum atomic E-state index is 5.90. The number of hydrogen-bond acceptors (Lipinski definition) is 0. The molecular formula is C55H95Cl6Fe3Li4-. The van der Waals surface area contributed by atoms with Crippen LogP contribution in [0.3, 0.4) is 0 Å². The summed E-state index contributed by atoms with van der Waals surface area (Å²) in [4.78, 5) is 0. The number of rotatable bonds is 3. The molecule has 386 valence electrons. The van der Waals surface area contributed by atoms with E-state index in [1.54, 1.807) is 11.8 Å². The molecule has 0 N–H and O–H groups in total. The van der Waals surface area contributed by atoms with E-state index in [0.29, 0.717) is 0 Å². The summed E-state index contributed by atoms with van der Waals surface area (Å²) in [5, 5.41) is -0.130. The van der Waals surface area contributed by atoms with Crippen molar-refractivity contribution in [1.29, 1.82) is 0 Å². The van der Waals surface area contributed by atoms with Gasteiger partial charge in [0.15, 0.2) is 0 Å². The van der Waals surface area contributed by atoms with Crippen molar-refractivity contribution in [2.24, 2.45) is 11.8 Å². The summed E-state index contributed by atoms with van der Waals surface area (Å²) in [5.74, 6) is 16.7. The maximum absolute atomic E-state index is 5.90. The van der Waals surface area contributed by atoms with E-state index in [2.05, 4.69) is 43.4 Å². The monoisotopic (exact) mass is 1160 g/mol. The molecule has 68 heavy (non-hydrogen) atoms. The molecular weight excluding hydrogens is 1070 g/mol. The van der Waals surface area contributed by atoms with Crippen LogP contribution in [0.5, 0.6) is 0 Å². The van der Waals surface area contributed by atoms with E-state index < -0.39 is 0 Å². The Bertz CT molecular complexity index is 1000. The summed E-state index contributed by atoms with van der Waals surface area (Å²) >= 11 is 31.8. The van der Waals surface area contributed by atoms with Gasteiger partial charge in [0, 0.05) is 6.42 Å². The second kappa shape index (κ2) is 103. The van der Waals surface area contributed by atoms with Crippen molar-refractivity contribution < 1.29 is 127 Å². The Labute approximate surface area is 542 Å². The average molecular weight is 1160 g/mol. The summed E-state index contributed by atoms with van der Waals surface area (Å²) in [5.41, 5.74) is 0. The molecule has 0 bridgehead atoms. The van der Waals surface area contributed by atoms with E-state index in [1.165, 1.54) is 173 Å². The van der Waals surface area contributed by atoms with E-state index in [4.69, 9.17) is 82.5 Å².